The van der Waals surface area contributed by atoms with Gasteiger partial charge >= 0.3 is 0 Å². The fourth-order valence-electron chi connectivity index (χ4n) is 2.54. The van der Waals surface area contributed by atoms with E-state index in [9.17, 15) is 4.79 Å². The summed E-state index contributed by atoms with van der Waals surface area (Å²) in [6.45, 7) is 4.72. The second-order valence-corrected chi connectivity index (χ2v) is 5.08. The number of rotatable bonds is 2. The van der Waals surface area contributed by atoms with Crippen LogP contribution in [0.1, 0.15) is 36.3 Å². The Morgan fingerprint density at radius 3 is 3.00 bits per heavy atom. The molecule has 3 rings (SSSR count). The Morgan fingerprint density at radius 1 is 1.47 bits per heavy atom. The molecule has 4 heteroatoms. The Hall–Kier alpha value is -1.29. The fraction of sp³-hybridized carbons (Fsp3) is 0.615. The van der Waals surface area contributed by atoms with Crippen LogP contribution in [0.25, 0.3) is 0 Å². The maximum atomic E-state index is 12.5. The van der Waals surface area contributed by atoms with Gasteiger partial charge in [-0.2, -0.15) is 0 Å². The van der Waals surface area contributed by atoms with Gasteiger partial charge in [-0.1, -0.05) is 0 Å². The molecule has 1 aliphatic carbocycles. The van der Waals surface area contributed by atoms with Crippen LogP contribution < -0.4 is 5.32 Å². The predicted octanol–water partition coefficient (Wildman–Crippen LogP) is 1.26. The standard InChI is InChI=1S/C13H19N3O/c1-10-9-14-6-8-15(10)13(17)12-3-2-7-16(12)11-4-5-11/h2-3,7,10-11,14H,4-6,8-9H2,1H3. The molecule has 2 heterocycles. The molecule has 1 saturated carbocycles. The Labute approximate surface area is 102 Å². The monoisotopic (exact) mass is 233 g/mol. The maximum absolute atomic E-state index is 12.5. The first-order chi connectivity index (χ1) is 8.27. The molecule has 1 amide bonds. The number of nitrogens with zero attached hydrogens (tertiary/aromatic N) is 2. The van der Waals surface area contributed by atoms with Crippen molar-refractivity contribution in [2.24, 2.45) is 0 Å². The molecule has 2 aliphatic rings. The summed E-state index contributed by atoms with van der Waals surface area (Å²) in [5.41, 5.74) is 0.862. The molecule has 0 bridgehead atoms. The Kier molecular flexibility index (Phi) is 2.67. The zero-order valence-corrected chi connectivity index (χ0v) is 10.2. The minimum atomic E-state index is 0.191. The van der Waals surface area contributed by atoms with Crippen LogP contribution in [0.2, 0.25) is 0 Å². The number of piperazine rings is 1. The highest BCUT2D eigenvalue weighted by atomic mass is 16.2. The Balaban J connectivity index is 1.82. The van der Waals surface area contributed by atoms with Gasteiger partial charge in [0.1, 0.15) is 5.69 Å². The van der Waals surface area contributed by atoms with Crippen molar-refractivity contribution in [3.63, 3.8) is 0 Å². The Morgan fingerprint density at radius 2 is 2.29 bits per heavy atom. The van der Waals surface area contributed by atoms with Gasteiger partial charge in [0.15, 0.2) is 0 Å². The number of hydrogen-bond acceptors (Lipinski definition) is 2. The molecule has 1 saturated heterocycles. The molecule has 0 radical (unpaired) electrons. The van der Waals surface area contributed by atoms with Crippen LogP contribution in [-0.4, -0.2) is 41.1 Å². The van der Waals surface area contributed by atoms with E-state index in [2.05, 4.69) is 16.8 Å². The molecule has 1 unspecified atom stereocenters. The normalized spacial score (nSPS) is 25.0. The van der Waals surface area contributed by atoms with Crippen molar-refractivity contribution in [2.75, 3.05) is 19.6 Å². The number of hydrogen-bond donors (Lipinski definition) is 1. The van der Waals surface area contributed by atoms with Crippen LogP contribution in [0.5, 0.6) is 0 Å². The first-order valence-electron chi connectivity index (χ1n) is 6.46. The van der Waals surface area contributed by atoms with E-state index in [0.29, 0.717) is 12.1 Å². The summed E-state index contributed by atoms with van der Waals surface area (Å²) in [5.74, 6) is 0.191. The van der Waals surface area contributed by atoms with Crippen molar-refractivity contribution >= 4 is 5.91 Å². The van der Waals surface area contributed by atoms with Crippen LogP contribution in [0.4, 0.5) is 0 Å². The number of carbonyl (C=O) groups is 1. The van der Waals surface area contributed by atoms with E-state index < -0.39 is 0 Å². The molecule has 2 fully saturated rings. The van der Waals surface area contributed by atoms with Crippen LogP contribution >= 0.6 is 0 Å². The van der Waals surface area contributed by atoms with Crippen molar-refractivity contribution < 1.29 is 4.79 Å². The second-order valence-electron chi connectivity index (χ2n) is 5.08. The van der Waals surface area contributed by atoms with E-state index in [0.717, 1.165) is 25.3 Å². The lowest BCUT2D eigenvalue weighted by molar-refractivity contribution is 0.0644. The molecule has 17 heavy (non-hydrogen) atoms. The highest BCUT2D eigenvalue weighted by Crippen LogP contribution is 2.36. The van der Waals surface area contributed by atoms with E-state index >= 15 is 0 Å². The molecule has 1 atom stereocenters. The summed E-state index contributed by atoms with van der Waals surface area (Å²) < 4.78 is 2.15. The average molecular weight is 233 g/mol. The Bertz CT molecular complexity index is 422. The van der Waals surface area contributed by atoms with E-state index in [1.165, 1.54) is 12.8 Å². The van der Waals surface area contributed by atoms with E-state index in [1.807, 2.05) is 23.2 Å². The lowest BCUT2D eigenvalue weighted by atomic mass is 10.2. The number of nitrogens with one attached hydrogen (secondary N) is 1. The van der Waals surface area contributed by atoms with Gasteiger partial charge in [-0.3, -0.25) is 4.79 Å². The second kappa shape index (κ2) is 4.18. The molecule has 92 valence electrons. The van der Waals surface area contributed by atoms with Crippen molar-refractivity contribution in [2.45, 2.75) is 31.8 Å². The molecule has 1 aliphatic heterocycles. The summed E-state index contributed by atoms with van der Waals surface area (Å²) in [6.07, 6.45) is 4.47. The van der Waals surface area contributed by atoms with Crippen molar-refractivity contribution in [3.8, 4) is 0 Å². The smallest absolute Gasteiger partial charge is 0.270 e. The van der Waals surface area contributed by atoms with Crippen LogP contribution in [0.15, 0.2) is 18.3 Å². The third-order valence-corrected chi connectivity index (χ3v) is 3.70. The fourth-order valence-corrected chi connectivity index (χ4v) is 2.54. The molecule has 1 aromatic rings. The zero-order valence-electron chi connectivity index (χ0n) is 10.2. The van der Waals surface area contributed by atoms with Crippen LogP contribution in [0, 0.1) is 0 Å². The quantitative estimate of drug-likeness (QED) is 0.835. The first kappa shape index (κ1) is 10.8. The summed E-state index contributed by atoms with van der Waals surface area (Å²) in [5, 5.41) is 3.31. The van der Waals surface area contributed by atoms with Gasteiger partial charge < -0.3 is 14.8 Å². The van der Waals surface area contributed by atoms with Gasteiger partial charge in [0.25, 0.3) is 5.91 Å². The highest BCUT2D eigenvalue weighted by Gasteiger charge is 2.30. The minimum absolute atomic E-state index is 0.191. The largest absolute Gasteiger partial charge is 0.340 e. The SMILES string of the molecule is CC1CNCCN1C(=O)c1cccn1C1CC1. The third-order valence-electron chi connectivity index (χ3n) is 3.70. The van der Waals surface area contributed by atoms with Gasteiger partial charge in [-0.25, -0.2) is 0 Å². The topological polar surface area (TPSA) is 37.3 Å². The van der Waals surface area contributed by atoms with Gasteiger partial charge in [0, 0.05) is 37.9 Å². The summed E-state index contributed by atoms with van der Waals surface area (Å²) in [6, 6.07) is 4.80. The lowest BCUT2D eigenvalue weighted by Crippen LogP contribution is -2.52. The molecule has 4 nitrogen and oxygen atoms in total. The van der Waals surface area contributed by atoms with E-state index in [1.54, 1.807) is 0 Å². The zero-order chi connectivity index (χ0) is 11.8. The molecule has 1 aromatic heterocycles. The van der Waals surface area contributed by atoms with Gasteiger partial charge in [0.2, 0.25) is 0 Å². The van der Waals surface area contributed by atoms with Crippen LogP contribution in [0.3, 0.4) is 0 Å². The first-order valence-corrected chi connectivity index (χ1v) is 6.46. The highest BCUT2D eigenvalue weighted by molar-refractivity contribution is 5.93. The molecular weight excluding hydrogens is 214 g/mol. The molecule has 1 N–H and O–H groups in total. The summed E-state index contributed by atoms with van der Waals surface area (Å²) >= 11 is 0. The van der Waals surface area contributed by atoms with Crippen molar-refractivity contribution in [3.05, 3.63) is 24.0 Å². The average Bonchev–Trinajstić information content (AvgIpc) is 3.07. The summed E-state index contributed by atoms with van der Waals surface area (Å²) in [7, 11) is 0. The number of amides is 1. The van der Waals surface area contributed by atoms with Gasteiger partial charge in [-0.15, -0.1) is 0 Å². The number of carbonyl (C=O) groups excluding carboxylic acids is 1. The maximum Gasteiger partial charge on any atom is 0.270 e. The summed E-state index contributed by atoms with van der Waals surface area (Å²) in [4.78, 5) is 14.5. The van der Waals surface area contributed by atoms with Crippen molar-refractivity contribution in [1.29, 1.82) is 0 Å². The third kappa shape index (κ3) is 1.97. The van der Waals surface area contributed by atoms with E-state index in [-0.39, 0.29) is 5.91 Å². The van der Waals surface area contributed by atoms with Crippen molar-refractivity contribution in [1.82, 2.24) is 14.8 Å². The van der Waals surface area contributed by atoms with Gasteiger partial charge in [-0.05, 0) is 31.9 Å². The lowest BCUT2D eigenvalue weighted by Gasteiger charge is -2.34. The minimum Gasteiger partial charge on any atom is -0.340 e. The molecular formula is C13H19N3O. The number of aromatic nitrogens is 1. The molecule has 0 spiro atoms. The molecule has 0 aromatic carbocycles. The van der Waals surface area contributed by atoms with Crippen LogP contribution in [-0.2, 0) is 0 Å². The van der Waals surface area contributed by atoms with Gasteiger partial charge in [0.05, 0.1) is 0 Å². The predicted molar refractivity (Wildman–Crippen MR) is 66.1 cm³/mol. The van der Waals surface area contributed by atoms with E-state index in [4.69, 9.17) is 0 Å².